The largest absolute Gasteiger partial charge is 0.323 e. The lowest BCUT2D eigenvalue weighted by molar-refractivity contribution is 0.345. The van der Waals surface area contributed by atoms with E-state index in [-0.39, 0.29) is 0 Å². The summed E-state index contributed by atoms with van der Waals surface area (Å²) in [7, 11) is 0. The highest BCUT2D eigenvalue weighted by atomic mass is 15.1. The molecule has 0 aromatic carbocycles. The first kappa shape index (κ1) is 9.56. The SMILES string of the molecule is CC(C)C1CCC/C(=N\N)CC1. The van der Waals surface area contributed by atoms with E-state index >= 15 is 0 Å². The zero-order chi connectivity index (χ0) is 8.97. The molecule has 2 nitrogen and oxygen atoms in total. The van der Waals surface area contributed by atoms with Crippen molar-refractivity contribution in [3.63, 3.8) is 0 Å². The predicted molar refractivity (Wildman–Crippen MR) is 53.0 cm³/mol. The highest BCUT2D eigenvalue weighted by molar-refractivity contribution is 5.84. The third-order valence-corrected chi connectivity index (χ3v) is 2.97. The quantitative estimate of drug-likeness (QED) is 0.365. The third-order valence-electron chi connectivity index (χ3n) is 2.97. The Balaban J connectivity index is 2.44. The molecule has 2 heteroatoms. The number of nitrogens with zero attached hydrogens (tertiary/aromatic N) is 1. The minimum absolute atomic E-state index is 0.821. The van der Waals surface area contributed by atoms with E-state index < -0.39 is 0 Å². The molecule has 0 bridgehead atoms. The Morgan fingerprint density at radius 1 is 1.33 bits per heavy atom. The zero-order valence-corrected chi connectivity index (χ0v) is 8.21. The molecule has 0 saturated heterocycles. The molecule has 0 radical (unpaired) electrons. The summed E-state index contributed by atoms with van der Waals surface area (Å²) in [6.45, 7) is 4.63. The van der Waals surface area contributed by atoms with E-state index in [2.05, 4.69) is 18.9 Å². The molecule has 70 valence electrons. The van der Waals surface area contributed by atoms with Crippen molar-refractivity contribution >= 4 is 5.71 Å². The molecule has 0 heterocycles. The van der Waals surface area contributed by atoms with Gasteiger partial charge in [0.2, 0.25) is 0 Å². The molecular formula is C10H20N2. The van der Waals surface area contributed by atoms with Crippen molar-refractivity contribution in [1.82, 2.24) is 0 Å². The molecule has 1 rings (SSSR count). The highest BCUT2D eigenvalue weighted by Gasteiger charge is 2.17. The molecule has 1 aliphatic rings. The second-order valence-corrected chi connectivity index (χ2v) is 4.13. The van der Waals surface area contributed by atoms with Gasteiger partial charge >= 0.3 is 0 Å². The molecule has 0 amide bonds. The van der Waals surface area contributed by atoms with Gasteiger partial charge < -0.3 is 5.84 Å². The topological polar surface area (TPSA) is 38.4 Å². The molecule has 2 N–H and O–H groups in total. The number of hydrogen-bond donors (Lipinski definition) is 1. The highest BCUT2D eigenvalue weighted by Crippen LogP contribution is 2.27. The molecule has 1 atom stereocenters. The van der Waals surface area contributed by atoms with Crippen LogP contribution in [0.25, 0.3) is 0 Å². The summed E-state index contributed by atoms with van der Waals surface area (Å²) in [5.41, 5.74) is 1.22. The summed E-state index contributed by atoms with van der Waals surface area (Å²) >= 11 is 0. The maximum Gasteiger partial charge on any atom is 0.0376 e. The van der Waals surface area contributed by atoms with Crippen LogP contribution in [-0.4, -0.2) is 5.71 Å². The lowest BCUT2D eigenvalue weighted by atomic mass is 9.89. The summed E-state index contributed by atoms with van der Waals surface area (Å²) < 4.78 is 0. The third kappa shape index (κ3) is 2.50. The maximum atomic E-state index is 5.28. The van der Waals surface area contributed by atoms with Gasteiger partial charge in [0, 0.05) is 5.71 Å². The predicted octanol–water partition coefficient (Wildman–Crippen LogP) is 2.54. The molecule has 0 aromatic heterocycles. The van der Waals surface area contributed by atoms with Gasteiger partial charge in [-0.05, 0) is 43.9 Å². The van der Waals surface area contributed by atoms with Gasteiger partial charge in [-0.1, -0.05) is 13.8 Å². The Labute approximate surface area is 75.2 Å². The monoisotopic (exact) mass is 168 g/mol. The van der Waals surface area contributed by atoms with Gasteiger partial charge in [-0.3, -0.25) is 0 Å². The van der Waals surface area contributed by atoms with Crippen LogP contribution in [0.3, 0.4) is 0 Å². The molecular weight excluding hydrogens is 148 g/mol. The first-order chi connectivity index (χ1) is 5.74. The average molecular weight is 168 g/mol. The molecule has 12 heavy (non-hydrogen) atoms. The summed E-state index contributed by atoms with van der Waals surface area (Å²) in [6.07, 6.45) is 6.17. The summed E-state index contributed by atoms with van der Waals surface area (Å²) in [5.74, 6) is 7.00. The maximum absolute atomic E-state index is 5.28. The first-order valence-corrected chi connectivity index (χ1v) is 4.99. The van der Waals surface area contributed by atoms with Gasteiger partial charge in [0.25, 0.3) is 0 Å². The van der Waals surface area contributed by atoms with Crippen molar-refractivity contribution in [3.8, 4) is 0 Å². The van der Waals surface area contributed by atoms with Crippen molar-refractivity contribution in [2.24, 2.45) is 22.8 Å². The van der Waals surface area contributed by atoms with Crippen LogP contribution in [0.4, 0.5) is 0 Å². The van der Waals surface area contributed by atoms with E-state index in [1.807, 2.05) is 0 Å². The lowest BCUT2D eigenvalue weighted by Crippen LogP contribution is -2.07. The van der Waals surface area contributed by atoms with E-state index in [0.29, 0.717) is 0 Å². The summed E-state index contributed by atoms with van der Waals surface area (Å²) in [5, 5.41) is 3.82. The van der Waals surface area contributed by atoms with Gasteiger partial charge in [0.15, 0.2) is 0 Å². The van der Waals surface area contributed by atoms with Crippen molar-refractivity contribution < 1.29 is 0 Å². The minimum atomic E-state index is 0.821. The van der Waals surface area contributed by atoms with E-state index in [1.165, 1.54) is 25.0 Å². The molecule has 1 fully saturated rings. The number of rotatable bonds is 1. The van der Waals surface area contributed by atoms with Gasteiger partial charge in [0.05, 0.1) is 0 Å². The zero-order valence-electron chi connectivity index (χ0n) is 8.21. The van der Waals surface area contributed by atoms with Crippen molar-refractivity contribution in [2.75, 3.05) is 0 Å². The smallest absolute Gasteiger partial charge is 0.0376 e. The van der Waals surface area contributed by atoms with E-state index in [4.69, 9.17) is 5.84 Å². The fraction of sp³-hybridized carbons (Fsp3) is 0.900. The summed E-state index contributed by atoms with van der Waals surface area (Å²) in [4.78, 5) is 0. The second-order valence-electron chi connectivity index (χ2n) is 4.13. The van der Waals surface area contributed by atoms with Crippen molar-refractivity contribution in [1.29, 1.82) is 0 Å². The molecule has 1 saturated carbocycles. The number of hydrazone groups is 1. The van der Waals surface area contributed by atoms with Crippen LogP contribution < -0.4 is 5.84 Å². The number of nitrogens with two attached hydrogens (primary N) is 1. The van der Waals surface area contributed by atoms with E-state index in [1.54, 1.807) is 0 Å². The Bertz CT molecular complexity index is 161. The Morgan fingerprint density at radius 3 is 2.67 bits per heavy atom. The van der Waals surface area contributed by atoms with E-state index in [9.17, 15) is 0 Å². The normalized spacial score (nSPS) is 29.2. The number of hydrogen-bond acceptors (Lipinski definition) is 2. The fourth-order valence-corrected chi connectivity index (χ4v) is 1.99. The van der Waals surface area contributed by atoms with Gasteiger partial charge in [-0.15, -0.1) is 0 Å². The minimum Gasteiger partial charge on any atom is -0.323 e. The van der Waals surface area contributed by atoms with Gasteiger partial charge in [0.1, 0.15) is 0 Å². The molecule has 1 aliphatic carbocycles. The van der Waals surface area contributed by atoms with Crippen LogP contribution in [0.2, 0.25) is 0 Å². The standard InChI is InChI=1S/C10H20N2/c1-8(2)9-4-3-5-10(12-11)7-6-9/h8-9H,3-7,11H2,1-2H3/b12-10+. The van der Waals surface area contributed by atoms with Crippen molar-refractivity contribution in [2.45, 2.75) is 46.0 Å². The van der Waals surface area contributed by atoms with Gasteiger partial charge in [-0.2, -0.15) is 5.10 Å². The second kappa shape index (κ2) is 4.48. The van der Waals surface area contributed by atoms with Crippen LogP contribution in [0.1, 0.15) is 46.0 Å². The van der Waals surface area contributed by atoms with Crippen molar-refractivity contribution in [3.05, 3.63) is 0 Å². The Morgan fingerprint density at radius 2 is 2.08 bits per heavy atom. The lowest BCUT2D eigenvalue weighted by Gasteiger charge is -2.17. The van der Waals surface area contributed by atoms with Crippen LogP contribution in [-0.2, 0) is 0 Å². The Hall–Kier alpha value is -0.530. The molecule has 0 spiro atoms. The van der Waals surface area contributed by atoms with Crippen LogP contribution >= 0.6 is 0 Å². The molecule has 0 aromatic rings. The van der Waals surface area contributed by atoms with Gasteiger partial charge in [-0.25, -0.2) is 0 Å². The first-order valence-electron chi connectivity index (χ1n) is 4.99. The van der Waals surface area contributed by atoms with Crippen LogP contribution in [0.5, 0.6) is 0 Å². The van der Waals surface area contributed by atoms with Crippen LogP contribution in [0, 0.1) is 11.8 Å². The molecule has 0 aliphatic heterocycles. The Kier molecular flexibility index (Phi) is 3.57. The van der Waals surface area contributed by atoms with E-state index in [0.717, 1.165) is 24.7 Å². The molecule has 1 unspecified atom stereocenters. The van der Waals surface area contributed by atoms with Crippen LogP contribution in [0.15, 0.2) is 5.10 Å². The average Bonchev–Trinajstić information content (AvgIpc) is 2.28. The fourth-order valence-electron chi connectivity index (χ4n) is 1.99. The summed E-state index contributed by atoms with van der Waals surface area (Å²) in [6, 6.07) is 0.